The van der Waals surface area contributed by atoms with Gasteiger partial charge in [-0.15, -0.1) is 6.58 Å². The molecule has 0 saturated carbocycles. The summed E-state index contributed by atoms with van der Waals surface area (Å²) in [5, 5.41) is 11.5. The van der Waals surface area contributed by atoms with Crippen molar-refractivity contribution in [2.75, 3.05) is 12.4 Å². The van der Waals surface area contributed by atoms with Crippen molar-refractivity contribution in [3.05, 3.63) is 35.7 Å². The molecule has 0 aliphatic carbocycles. The Morgan fingerprint density at radius 1 is 1.40 bits per heavy atom. The van der Waals surface area contributed by atoms with E-state index in [1.54, 1.807) is 20.8 Å². The van der Waals surface area contributed by atoms with Crippen LogP contribution in [0, 0.1) is 18.3 Å². The second-order valence-electron chi connectivity index (χ2n) is 7.06. The van der Waals surface area contributed by atoms with Crippen molar-refractivity contribution >= 4 is 18.3 Å². The van der Waals surface area contributed by atoms with Gasteiger partial charge in [0.2, 0.25) is 0 Å². The molecule has 0 aliphatic rings. The Bertz CT molecular complexity index is 781. The number of halogens is 3. The fraction of sp³-hybridized carbons (Fsp3) is 0.500. The maximum atomic E-state index is 13.5. The van der Waals surface area contributed by atoms with E-state index in [9.17, 15) is 23.2 Å². The smallest absolute Gasteiger partial charge is 0.418 e. The van der Waals surface area contributed by atoms with Gasteiger partial charge in [-0.2, -0.15) is 18.4 Å². The number of nitriles is 1. The standard InChI is InChI=1S/C18H22F3N3O2.C2H4O2/c1-6-7-8-12(10-22)15-13(18(19,20)21)9-14(11(2)23-15)24-16(25)26-17(3,4)5;1-4-2-3/h6,9,12H,1,7-8H2,2-5H3,(H,24,25);2H,1H3. The quantitative estimate of drug-likeness (QED) is 0.498. The molecule has 0 aliphatic heterocycles. The highest BCUT2D eigenvalue weighted by atomic mass is 19.4. The maximum Gasteiger partial charge on any atom is 0.418 e. The van der Waals surface area contributed by atoms with Crippen LogP contribution in [0.2, 0.25) is 0 Å². The summed E-state index contributed by atoms with van der Waals surface area (Å²) in [7, 11) is 1.31. The molecule has 1 unspecified atom stereocenters. The molecule has 0 fully saturated rings. The molecule has 1 aromatic rings. The van der Waals surface area contributed by atoms with Crippen molar-refractivity contribution in [3.63, 3.8) is 0 Å². The van der Waals surface area contributed by atoms with E-state index in [4.69, 9.17) is 9.53 Å². The minimum atomic E-state index is -4.72. The summed E-state index contributed by atoms with van der Waals surface area (Å²) in [6, 6.07) is 2.65. The third-order valence-corrected chi connectivity index (χ3v) is 3.43. The first kappa shape index (κ1) is 26.9. The number of ether oxygens (including phenoxy) is 2. The zero-order chi connectivity index (χ0) is 23.5. The third-order valence-electron chi connectivity index (χ3n) is 3.43. The summed E-state index contributed by atoms with van der Waals surface area (Å²) in [5.74, 6) is -1.03. The van der Waals surface area contributed by atoms with Crippen LogP contribution >= 0.6 is 0 Å². The molecule has 0 spiro atoms. The van der Waals surface area contributed by atoms with Crippen LogP contribution < -0.4 is 5.32 Å². The summed E-state index contributed by atoms with van der Waals surface area (Å²) in [6.45, 7) is 10.3. The number of hydrogen-bond acceptors (Lipinski definition) is 6. The zero-order valence-corrected chi connectivity index (χ0v) is 17.6. The fourth-order valence-corrected chi connectivity index (χ4v) is 2.20. The van der Waals surface area contributed by atoms with E-state index in [0.29, 0.717) is 12.9 Å². The lowest BCUT2D eigenvalue weighted by atomic mass is 9.95. The maximum absolute atomic E-state index is 13.5. The second kappa shape index (κ2) is 11.8. The van der Waals surface area contributed by atoms with E-state index in [1.807, 2.05) is 6.07 Å². The summed E-state index contributed by atoms with van der Waals surface area (Å²) in [5.41, 5.74) is -2.15. The Hall–Kier alpha value is -3.09. The van der Waals surface area contributed by atoms with E-state index in [0.717, 1.165) is 6.07 Å². The van der Waals surface area contributed by atoms with Gasteiger partial charge in [0.15, 0.2) is 0 Å². The van der Waals surface area contributed by atoms with Crippen LogP contribution in [-0.4, -0.2) is 30.3 Å². The molecule has 10 heteroatoms. The Balaban J connectivity index is 0.00000192. The van der Waals surface area contributed by atoms with Gasteiger partial charge < -0.3 is 9.47 Å². The van der Waals surface area contributed by atoms with Crippen LogP contribution in [0.15, 0.2) is 18.7 Å². The van der Waals surface area contributed by atoms with Crippen molar-refractivity contribution < 1.29 is 32.2 Å². The highest BCUT2D eigenvalue weighted by Crippen LogP contribution is 2.38. The number of aromatic nitrogens is 1. The summed E-state index contributed by atoms with van der Waals surface area (Å²) in [4.78, 5) is 24.8. The molecule has 1 aromatic heterocycles. The molecule has 166 valence electrons. The largest absolute Gasteiger partial charge is 0.471 e. The molecule has 1 amide bonds. The average molecular weight is 429 g/mol. The van der Waals surface area contributed by atoms with Gasteiger partial charge in [0.05, 0.1) is 41.7 Å². The SMILES string of the molecule is C=CCCC(C#N)c1nc(C)c(NC(=O)OC(C)(C)C)cc1C(F)(F)F.COC=O. The predicted octanol–water partition coefficient (Wildman–Crippen LogP) is 5.12. The number of pyridine rings is 1. The number of methoxy groups -OCH3 is 1. The molecular weight excluding hydrogens is 403 g/mol. The van der Waals surface area contributed by atoms with E-state index in [2.05, 4.69) is 21.6 Å². The molecule has 0 aromatic carbocycles. The molecule has 7 nitrogen and oxygen atoms in total. The third kappa shape index (κ3) is 9.41. The van der Waals surface area contributed by atoms with Gasteiger partial charge >= 0.3 is 12.3 Å². The van der Waals surface area contributed by atoms with Crippen LogP contribution in [0.25, 0.3) is 0 Å². The van der Waals surface area contributed by atoms with Gasteiger partial charge in [-0.1, -0.05) is 6.08 Å². The Kier molecular flexibility index (Phi) is 10.6. The molecule has 1 N–H and O–H groups in total. The van der Waals surface area contributed by atoms with Crippen molar-refractivity contribution in [1.29, 1.82) is 5.26 Å². The monoisotopic (exact) mass is 429 g/mol. The van der Waals surface area contributed by atoms with Crippen LogP contribution in [-0.2, 0) is 20.4 Å². The summed E-state index contributed by atoms with van der Waals surface area (Å²) < 4.78 is 49.3. The number of rotatable bonds is 6. The molecule has 0 radical (unpaired) electrons. The van der Waals surface area contributed by atoms with Crippen molar-refractivity contribution in [1.82, 2.24) is 4.98 Å². The summed E-state index contributed by atoms with van der Waals surface area (Å²) in [6.07, 6.45) is -3.51. The number of alkyl halides is 3. The number of anilines is 1. The van der Waals surface area contributed by atoms with Crippen molar-refractivity contribution in [2.24, 2.45) is 0 Å². The molecular formula is C20H26F3N3O4. The Morgan fingerprint density at radius 3 is 2.37 bits per heavy atom. The predicted molar refractivity (Wildman–Crippen MR) is 105 cm³/mol. The molecule has 1 atom stereocenters. The van der Waals surface area contributed by atoms with E-state index >= 15 is 0 Å². The van der Waals surface area contributed by atoms with E-state index in [-0.39, 0.29) is 23.5 Å². The molecule has 1 rings (SSSR count). The fourth-order valence-electron chi connectivity index (χ4n) is 2.20. The molecule has 0 bridgehead atoms. The van der Waals surface area contributed by atoms with Crippen LogP contribution in [0.3, 0.4) is 0 Å². The van der Waals surface area contributed by atoms with Crippen LogP contribution in [0.4, 0.5) is 23.7 Å². The number of amides is 1. The van der Waals surface area contributed by atoms with E-state index in [1.165, 1.54) is 20.1 Å². The highest BCUT2D eigenvalue weighted by Gasteiger charge is 2.37. The lowest BCUT2D eigenvalue weighted by Crippen LogP contribution is -2.28. The number of allylic oxidation sites excluding steroid dienone is 1. The summed E-state index contributed by atoms with van der Waals surface area (Å²) >= 11 is 0. The van der Waals surface area contributed by atoms with Gasteiger partial charge in [0.1, 0.15) is 5.60 Å². The number of carbonyl (C=O) groups is 2. The Morgan fingerprint density at radius 2 is 1.97 bits per heavy atom. The minimum Gasteiger partial charge on any atom is -0.471 e. The number of carbonyl (C=O) groups excluding carboxylic acids is 2. The highest BCUT2D eigenvalue weighted by molar-refractivity contribution is 5.85. The van der Waals surface area contributed by atoms with Gasteiger partial charge in [-0.3, -0.25) is 15.1 Å². The van der Waals surface area contributed by atoms with Crippen LogP contribution in [0.1, 0.15) is 56.5 Å². The minimum absolute atomic E-state index is 0.115. The number of nitrogens with zero attached hydrogens (tertiary/aromatic N) is 2. The zero-order valence-electron chi connectivity index (χ0n) is 17.6. The first-order valence-corrected chi connectivity index (χ1v) is 8.86. The van der Waals surface area contributed by atoms with Gasteiger partial charge in [0.25, 0.3) is 6.47 Å². The molecule has 0 saturated heterocycles. The second-order valence-corrected chi connectivity index (χ2v) is 7.06. The van der Waals surface area contributed by atoms with Gasteiger partial charge in [-0.05, 0) is 46.6 Å². The van der Waals surface area contributed by atoms with E-state index < -0.39 is 29.4 Å². The van der Waals surface area contributed by atoms with Crippen molar-refractivity contribution in [3.8, 4) is 6.07 Å². The first-order valence-electron chi connectivity index (χ1n) is 8.86. The number of aryl methyl sites for hydroxylation is 1. The van der Waals surface area contributed by atoms with Gasteiger partial charge in [-0.25, -0.2) is 4.79 Å². The van der Waals surface area contributed by atoms with Crippen molar-refractivity contribution in [2.45, 2.75) is 58.2 Å². The lowest BCUT2D eigenvalue weighted by Gasteiger charge is -2.21. The average Bonchev–Trinajstić information content (AvgIpc) is 2.62. The first-order chi connectivity index (χ1) is 13.8. The topological polar surface area (TPSA) is 101 Å². The molecule has 1 heterocycles. The van der Waals surface area contributed by atoms with Crippen LogP contribution in [0.5, 0.6) is 0 Å². The lowest BCUT2D eigenvalue weighted by molar-refractivity contribution is -0.138. The number of nitrogens with one attached hydrogen (secondary N) is 1. The van der Waals surface area contributed by atoms with Gasteiger partial charge in [0, 0.05) is 0 Å². The Labute approximate surface area is 173 Å². The molecule has 30 heavy (non-hydrogen) atoms. The normalized spacial score (nSPS) is 11.8. The number of hydrogen-bond donors (Lipinski definition) is 1.